The van der Waals surface area contributed by atoms with Crippen molar-refractivity contribution in [2.45, 2.75) is 62.8 Å². The zero-order chi connectivity index (χ0) is 26.1. The summed E-state index contributed by atoms with van der Waals surface area (Å²) in [6, 6.07) is 18.3. The third kappa shape index (κ3) is 7.11. The highest BCUT2D eigenvalue weighted by Gasteiger charge is 2.55. The molecule has 2 aromatic rings. The average molecular weight is 500 g/mol. The molecule has 0 spiro atoms. The van der Waals surface area contributed by atoms with Gasteiger partial charge in [0.2, 0.25) is 0 Å². The molecule has 6 N–H and O–H groups in total. The number of hydrogen-bond acceptors (Lipinski definition) is 7. The van der Waals surface area contributed by atoms with Crippen molar-refractivity contribution >= 4 is 17.8 Å². The summed E-state index contributed by atoms with van der Waals surface area (Å²) in [5.74, 6) is -2.45. The minimum Gasteiger partial charge on any atom is -0.480 e. The molecule has 2 bridgehead atoms. The summed E-state index contributed by atoms with van der Waals surface area (Å²) in [6.45, 7) is 0.996. The Balaban J connectivity index is 0.000000308. The first-order valence-electron chi connectivity index (χ1n) is 11.9. The van der Waals surface area contributed by atoms with Crippen molar-refractivity contribution in [2.24, 2.45) is 11.5 Å². The van der Waals surface area contributed by atoms with Gasteiger partial charge in [-0.1, -0.05) is 67.1 Å². The van der Waals surface area contributed by atoms with E-state index in [0.29, 0.717) is 25.9 Å². The van der Waals surface area contributed by atoms with E-state index in [2.05, 4.69) is 0 Å². The topological polar surface area (TPSA) is 165 Å². The van der Waals surface area contributed by atoms with Crippen LogP contribution in [0, 0.1) is 0 Å². The fourth-order valence-corrected chi connectivity index (χ4v) is 4.16. The van der Waals surface area contributed by atoms with E-state index in [1.807, 2.05) is 60.7 Å². The van der Waals surface area contributed by atoms with Crippen molar-refractivity contribution in [2.75, 3.05) is 6.54 Å². The van der Waals surface area contributed by atoms with Crippen LogP contribution in [-0.4, -0.2) is 70.1 Å². The maximum absolute atomic E-state index is 13.0. The van der Waals surface area contributed by atoms with Crippen LogP contribution in [0.25, 0.3) is 0 Å². The first-order chi connectivity index (χ1) is 17.3. The van der Waals surface area contributed by atoms with Crippen molar-refractivity contribution < 1.29 is 34.1 Å². The molecule has 5 atom stereocenters. The second-order valence-electron chi connectivity index (χ2n) is 8.76. The minimum absolute atomic E-state index is 0.337. The van der Waals surface area contributed by atoms with Gasteiger partial charge in [0.05, 0.1) is 6.04 Å². The Morgan fingerprint density at radius 3 is 2.11 bits per heavy atom. The summed E-state index contributed by atoms with van der Waals surface area (Å²) in [6.07, 6.45) is -0.400. The number of ether oxygens (including phenoxy) is 2. The summed E-state index contributed by atoms with van der Waals surface area (Å²) >= 11 is 0. The van der Waals surface area contributed by atoms with Crippen molar-refractivity contribution in [3.63, 3.8) is 0 Å². The number of fused-ring (bicyclic) bond motifs is 2. The van der Waals surface area contributed by atoms with E-state index in [1.165, 1.54) is 0 Å². The summed E-state index contributed by atoms with van der Waals surface area (Å²) < 4.78 is 11.2. The van der Waals surface area contributed by atoms with Crippen molar-refractivity contribution in [3.05, 3.63) is 71.8 Å². The second-order valence-corrected chi connectivity index (χ2v) is 8.76. The van der Waals surface area contributed by atoms with Gasteiger partial charge in [-0.05, 0) is 36.9 Å². The van der Waals surface area contributed by atoms with Crippen LogP contribution in [0.4, 0.5) is 0 Å². The zero-order valence-electron chi connectivity index (χ0n) is 19.9. The van der Waals surface area contributed by atoms with Crippen LogP contribution >= 0.6 is 0 Å². The van der Waals surface area contributed by atoms with Crippen LogP contribution in [-0.2, 0) is 36.8 Å². The Morgan fingerprint density at radius 1 is 0.944 bits per heavy atom. The molecule has 194 valence electrons. The normalized spacial score (nSPS) is 23.5. The Morgan fingerprint density at radius 2 is 1.56 bits per heavy atom. The summed E-state index contributed by atoms with van der Waals surface area (Å²) in [5.41, 5.74) is 12.4. The Bertz CT molecular complexity index is 1010. The second kappa shape index (κ2) is 13.1. The number of carboxylic acid groups (broad SMARTS) is 2. The maximum Gasteiger partial charge on any atom is 0.336 e. The number of nitrogens with zero attached hydrogens (tertiary/aromatic N) is 1. The van der Waals surface area contributed by atoms with Gasteiger partial charge in [-0.15, -0.1) is 0 Å². The largest absolute Gasteiger partial charge is 0.480 e. The highest BCUT2D eigenvalue weighted by atomic mass is 16.7. The predicted molar refractivity (Wildman–Crippen MR) is 131 cm³/mol. The summed E-state index contributed by atoms with van der Waals surface area (Å²) in [5, 5.41) is 17.7. The molecule has 10 nitrogen and oxygen atoms in total. The lowest BCUT2D eigenvalue weighted by molar-refractivity contribution is -0.177. The third-order valence-corrected chi connectivity index (χ3v) is 6.09. The number of hydrogen-bond donors (Lipinski definition) is 4. The lowest BCUT2D eigenvalue weighted by Gasteiger charge is -2.38. The molecule has 2 saturated heterocycles. The molecule has 0 aromatic heterocycles. The number of unbranched alkanes of at least 4 members (excludes halogenated alkanes) is 1. The van der Waals surface area contributed by atoms with E-state index in [9.17, 15) is 19.5 Å². The first-order valence-corrected chi connectivity index (χ1v) is 11.9. The SMILES string of the molecule is NCCCC[C@H](N)C(=O)O.O=C(O)C1OC2OC1C(=O)N(Cc1ccccc1)C2Cc1ccccc1. The lowest BCUT2D eigenvalue weighted by Crippen LogP contribution is -2.56. The molecular weight excluding hydrogens is 466 g/mol. The maximum atomic E-state index is 13.0. The van der Waals surface area contributed by atoms with Gasteiger partial charge in [0, 0.05) is 6.54 Å². The third-order valence-electron chi connectivity index (χ3n) is 6.09. The average Bonchev–Trinajstić information content (AvgIpc) is 3.29. The van der Waals surface area contributed by atoms with Crippen LogP contribution in [0.3, 0.4) is 0 Å². The fraction of sp³-hybridized carbons (Fsp3) is 0.423. The van der Waals surface area contributed by atoms with Crippen LogP contribution < -0.4 is 11.5 Å². The molecule has 4 unspecified atom stereocenters. The van der Waals surface area contributed by atoms with E-state index in [0.717, 1.165) is 24.0 Å². The molecule has 36 heavy (non-hydrogen) atoms. The summed E-state index contributed by atoms with van der Waals surface area (Å²) in [4.78, 5) is 36.2. The molecule has 2 aromatic carbocycles. The van der Waals surface area contributed by atoms with Crippen molar-refractivity contribution in [1.29, 1.82) is 0 Å². The molecule has 1 amide bonds. The van der Waals surface area contributed by atoms with Crippen LogP contribution in [0.15, 0.2) is 60.7 Å². The molecule has 0 saturated carbocycles. The number of rotatable bonds is 10. The van der Waals surface area contributed by atoms with E-state index < -0.39 is 36.5 Å². The predicted octanol–water partition coefficient (Wildman–Crippen LogP) is 1.36. The number of aliphatic carboxylic acids is 2. The fourth-order valence-electron chi connectivity index (χ4n) is 4.16. The quantitative estimate of drug-likeness (QED) is 0.353. The van der Waals surface area contributed by atoms with Crippen LogP contribution in [0.1, 0.15) is 30.4 Å². The van der Waals surface area contributed by atoms with Gasteiger partial charge < -0.3 is 36.1 Å². The Hall–Kier alpha value is -3.31. The monoisotopic (exact) mass is 499 g/mol. The molecule has 10 heteroatoms. The molecule has 2 aliphatic rings. The highest BCUT2D eigenvalue weighted by molar-refractivity contribution is 5.89. The Labute approximate surface area is 209 Å². The van der Waals surface area contributed by atoms with Gasteiger partial charge >= 0.3 is 11.9 Å². The van der Waals surface area contributed by atoms with Crippen LogP contribution in [0.5, 0.6) is 0 Å². The molecule has 2 aliphatic heterocycles. The van der Waals surface area contributed by atoms with Gasteiger partial charge in [0.25, 0.3) is 5.91 Å². The Kier molecular flexibility index (Phi) is 9.95. The number of nitrogens with two attached hydrogens (primary N) is 2. The van der Waals surface area contributed by atoms with E-state index in [1.54, 1.807) is 4.90 Å². The molecule has 0 radical (unpaired) electrons. The molecule has 0 aliphatic carbocycles. The van der Waals surface area contributed by atoms with E-state index in [4.69, 9.17) is 26.0 Å². The molecule has 4 rings (SSSR count). The van der Waals surface area contributed by atoms with E-state index in [-0.39, 0.29) is 11.9 Å². The van der Waals surface area contributed by atoms with Gasteiger partial charge in [-0.25, -0.2) is 4.79 Å². The number of carbonyl (C=O) groups excluding carboxylic acids is 1. The van der Waals surface area contributed by atoms with Crippen LogP contribution in [0.2, 0.25) is 0 Å². The highest BCUT2D eigenvalue weighted by Crippen LogP contribution is 2.34. The molecule has 2 heterocycles. The van der Waals surface area contributed by atoms with Crippen molar-refractivity contribution in [3.8, 4) is 0 Å². The number of amides is 1. The van der Waals surface area contributed by atoms with E-state index >= 15 is 0 Å². The van der Waals surface area contributed by atoms with Gasteiger partial charge in [-0.2, -0.15) is 0 Å². The lowest BCUT2D eigenvalue weighted by atomic mass is 10.0. The summed E-state index contributed by atoms with van der Waals surface area (Å²) in [7, 11) is 0. The molecule has 2 fully saturated rings. The molecular formula is C26H33N3O7. The van der Waals surface area contributed by atoms with Gasteiger partial charge in [0.15, 0.2) is 18.5 Å². The van der Waals surface area contributed by atoms with Gasteiger partial charge in [-0.3, -0.25) is 9.59 Å². The standard InChI is InChI=1S/C20H19NO5.C6H14N2O2/c22-18-16-17(19(23)24)26-20(25-16)15(11-13-7-3-1-4-8-13)21(18)12-14-9-5-2-6-10-14;7-4-2-1-3-5(8)6(9)10/h1-10,15-17,20H,11-12H2,(H,23,24);5H,1-4,7-8H2,(H,9,10)/t;5-/m.0/s1. The van der Waals surface area contributed by atoms with Crippen molar-refractivity contribution in [1.82, 2.24) is 4.90 Å². The number of carbonyl (C=O) groups is 3. The minimum atomic E-state index is -1.26. The zero-order valence-corrected chi connectivity index (χ0v) is 19.9. The van der Waals surface area contributed by atoms with Gasteiger partial charge in [0.1, 0.15) is 6.04 Å². The number of morpholine rings is 1. The number of carboxylic acids is 2. The number of benzene rings is 2. The first kappa shape index (κ1) is 27.3. The smallest absolute Gasteiger partial charge is 0.336 e.